The van der Waals surface area contributed by atoms with Crippen LogP contribution in [0.3, 0.4) is 0 Å². The maximum Gasteiger partial charge on any atom is 0.270 e. The number of fused-ring (bicyclic) bond motifs is 1. The van der Waals surface area contributed by atoms with Gasteiger partial charge in [0.25, 0.3) is 5.91 Å². The predicted molar refractivity (Wildman–Crippen MR) is 133 cm³/mol. The van der Waals surface area contributed by atoms with Gasteiger partial charge in [-0.2, -0.15) is 0 Å². The molecule has 2 N–H and O–H groups in total. The number of benzene rings is 3. The van der Waals surface area contributed by atoms with Gasteiger partial charge in [0.05, 0.1) is 31.0 Å². The lowest BCUT2D eigenvalue weighted by atomic mass is 10.0. The van der Waals surface area contributed by atoms with Crippen molar-refractivity contribution in [2.24, 2.45) is 5.92 Å². The molecule has 36 heavy (non-hydrogen) atoms. The quantitative estimate of drug-likeness (QED) is 0.389. The Bertz CT molecular complexity index is 1470. The van der Waals surface area contributed by atoms with Gasteiger partial charge in [-0.1, -0.05) is 36.4 Å². The van der Waals surface area contributed by atoms with Crippen molar-refractivity contribution in [2.75, 3.05) is 14.2 Å². The molecule has 0 aliphatic heterocycles. The second-order valence-electron chi connectivity index (χ2n) is 8.56. The van der Waals surface area contributed by atoms with E-state index in [2.05, 4.69) is 10.9 Å². The van der Waals surface area contributed by atoms with E-state index >= 15 is 0 Å². The van der Waals surface area contributed by atoms with E-state index in [0.717, 1.165) is 5.56 Å². The molecule has 4 aromatic rings. The number of pyridine rings is 1. The number of rotatable bonds is 6. The molecule has 182 valence electrons. The highest BCUT2D eigenvalue weighted by Gasteiger charge is 2.45. The number of halogens is 1. The molecule has 2 atom stereocenters. The zero-order valence-corrected chi connectivity index (χ0v) is 19.7. The van der Waals surface area contributed by atoms with Crippen molar-refractivity contribution in [3.63, 3.8) is 0 Å². The molecule has 3 aromatic carbocycles. The number of carbonyl (C=O) groups is 2. The number of hydrogen-bond donors (Lipinski definition) is 2. The standard InChI is InChI=1S/C28H24FN3O4/c1-35-25-12-11-16(13-26(25)36-2)24-15-21(18-8-4-6-10-23(18)30-24)28(34)32-31-27(33)20-14-19(20)17-7-3-5-9-22(17)29/h3-13,15,19-20H,14H2,1-2H3,(H,31,33)(H,32,34). The number of nitrogens with one attached hydrogen (secondary N) is 2. The minimum atomic E-state index is -0.480. The van der Waals surface area contributed by atoms with Gasteiger partial charge in [-0.25, -0.2) is 9.37 Å². The topological polar surface area (TPSA) is 89.6 Å². The molecule has 0 radical (unpaired) electrons. The first kappa shape index (κ1) is 23.3. The van der Waals surface area contributed by atoms with Gasteiger partial charge in [-0.15, -0.1) is 0 Å². The van der Waals surface area contributed by atoms with E-state index in [1.807, 2.05) is 24.3 Å². The van der Waals surface area contributed by atoms with E-state index in [1.165, 1.54) is 6.07 Å². The van der Waals surface area contributed by atoms with Crippen molar-refractivity contribution in [2.45, 2.75) is 12.3 Å². The molecule has 2 amide bonds. The number of amides is 2. The van der Waals surface area contributed by atoms with Crippen LogP contribution in [-0.4, -0.2) is 31.0 Å². The van der Waals surface area contributed by atoms with Crippen LogP contribution in [0.4, 0.5) is 4.39 Å². The van der Waals surface area contributed by atoms with Crippen LogP contribution >= 0.6 is 0 Å². The Labute approximate surface area is 207 Å². The molecule has 0 bridgehead atoms. The zero-order valence-electron chi connectivity index (χ0n) is 19.7. The molecule has 1 aliphatic rings. The molecule has 0 saturated heterocycles. The minimum absolute atomic E-state index is 0.193. The number of methoxy groups -OCH3 is 2. The van der Waals surface area contributed by atoms with E-state index in [-0.39, 0.29) is 17.6 Å². The lowest BCUT2D eigenvalue weighted by Gasteiger charge is -2.13. The summed E-state index contributed by atoms with van der Waals surface area (Å²) in [5.41, 5.74) is 7.82. The van der Waals surface area contributed by atoms with Crippen molar-refractivity contribution in [1.82, 2.24) is 15.8 Å². The smallest absolute Gasteiger partial charge is 0.270 e. The SMILES string of the molecule is COc1ccc(-c2cc(C(=O)NNC(=O)C3CC3c3ccccc3F)c3ccccc3n2)cc1OC. The third-order valence-corrected chi connectivity index (χ3v) is 6.37. The molecule has 1 aromatic heterocycles. The second kappa shape index (κ2) is 9.65. The molecule has 0 spiro atoms. The van der Waals surface area contributed by atoms with Gasteiger partial charge in [0, 0.05) is 16.9 Å². The van der Waals surface area contributed by atoms with Crippen LogP contribution in [0.15, 0.2) is 72.8 Å². The first-order valence-corrected chi connectivity index (χ1v) is 11.5. The Balaban J connectivity index is 1.37. The van der Waals surface area contributed by atoms with Crippen LogP contribution in [0.1, 0.15) is 28.3 Å². The number of hydrazine groups is 1. The van der Waals surface area contributed by atoms with Gasteiger partial charge >= 0.3 is 0 Å². The zero-order chi connectivity index (χ0) is 25.2. The Morgan fingerprint density at radius 3 is 2.44 bits per heavy atom. The molecule has 2 unspecified atom stereocenters. The summed E-state index contributed by atoms with van der Waals surface area (Å²) in [5, 5.41) is 0.643. The van der Waals surface area contributed by atoms with Gasteiger partial charge in [-0.05, 0) is 54.3 Å². The molecule has 1 fully saturated rings. The van der Waals surface area contributed by atoms with E-state index < -0.39 is 11.8 Å². The highest BCUT2D eigenvalue weighted by Crippen LogP contribution is 2.48. The van der Waals surface area contributed by atoms with Crippen molar-refractivity contribution in [1.29, 1.82) is 0 Å². The van der Waals surface area contributed by atoms with Gasteiger partial charge in [-0.3, -0.25) is 20.4 Å². The van der Waals surface area contributed by atoms with Gasteiger partial charge in [0.2, 0.25) is 5.91 Å². The highest BCUT2D eigenvalue weighted by molar-refractivity contribution is 6.07. The summed E-state index contributed by atoms with van der Waals surface area (Å²) >= 11 is 0. The summed E-state index contributed by atoms with van der Waals surface area (Å²) in [6.45, 7) is 0. The van der Waals surface area contributed by atoms with Crippen molar-refractivity contribution < 1.29 is 23.5 Å². The third-order valence-electron chi connectivity index (χ3n) is 6.37. The summed E-state index contributed by atoms with van der Waals surface area (Å²) in [6.07, 6.45) is 0.532. The number of carbonyl (C=O) groups excluding carboxylic acids is 2. The third kappa shape index (κ3) is 4.45. The number of hydrogen-bond acceptors (Lipinski definition) is 5. The first-order valence-electron chi connectivity index (χ1n) is 11.5. The van der Waals surface area contributed by atoms with Crippen molar-refractivity contribution in [3.8, 4) is 22.8 Å². The van der Waals surface area contributed by atoms with Gasteiger partial charge in [0.1, 0.15) is 5.82 Å². The summed E-state index contributed by atoms with van der Waals surface area (Å²) in [4.78, 5) is 30.5. The van der Waals surface area contributed by atoms with Crippen molar-refractivity contribution in [3.05, 3.63) is 89.7 Å². The maximum atomic E-state index is 14.0. The van der Waals surface area contributed by atoms with E-state index in [1.54, 1.807) is 56.7 Å². The molecule has 1 heterocycles. The Kier molecular flexibility index (Phi) is 6.25. The Morgan fingerprint density at radius 2 is 1.67 bits per heavy atom. The van der Waals surface area contributed by atoms with E-state index in [9.17, 15) is 14.0 Å². The molecular weight excluding hydrogens is 461 g/mol. The first-order chi connectivity index (χ1) is 17.5. The fraction of sp³-hybridized carbons (Fsp3) is 0.179. The van der Waals surface area contributed by atoms with Crippen LogP contribution in [0, 0.1) is 11.7 Å². The summed E-state index contributed by atoms with van der Waals surface area (Å²) in [6, 6.07) is 20.8. The van der Waals surface area contributed by atoms with Crippen LogP contribution < -0.4 is 20.3 Å². The molecule has 5 rings (SSSR count). The summed E-state index contributed by atoms with van der Waals surface area (Å²) < 4.78 is 24.8. The van der Waals surface area contributed by atoms with Gasteiger partial charge in [0.15, 0.2) is 11.5 Å². The lowest BCUT2D eigenvalue weighted by molar-refractivity contribution is -0.123. The van der Waals surface area contributed by atoms with Crippen LogP contribution in [-0.2, 0) is 4.79 Å². The Morgan fingerprint density at radius 1 is 0.917 bits per heavy atom. The maximum absolute atomic E-state index is 14.0. The lowest BCUT2D eigenvalue weighted by Crippen LogP contribution is -2.42. The minimum Gasteiger partial charge on any atom is -0.493 e. The summed E-state index contributed by atoms with van der Waals surface area (Å²) in [7, 11) is 3.11. The monoisotopic (exact) mass is 485 g/mol. The molecular formula is C28H24FN3O4. The van der Waals surface area contributed by atoms with Gasteiger partial charge < -0.3 is 9.47 Å². The molecule has 1 aliphatic carbocycles. The Hall–Kier alpha value is -4.46. The average Bonchev–Trinajstić information content (AvgIpc) is 3.71. The van der Waals surface area contributed by atoms with Crippen LogP contribution in [0.5, 0.6) is 11.5 Å². The fourth-order valence-electron chi connectivity index (χ4n) is 4.39. The fourth-order valence-corrected chi connectivity index (χ4v) is 4.39. The predicted octanol–water partition coefficient (Wildman–Crippen LogP) is 4.62. The average molecular weight is 486 g/mol. The van der Waals surface area contributed by atoms with E-state index in [4.69, 9.17) is 14.5 Å². The second-order valence-corrected chi connectivity index (χ2v) is 8.56. The summed E-state index contributed by atoms with van der Waals surface area (Å²) in [5.74, 6) is -0.622. The largest absolute Gasteiger partial charge is 0.493 e. The van der Waals surface area contributed by atoms with Crippen LogP contribution in [0.25, 0.3) is 22.2 Å². The number of aromatic nitrogens is 1. The highest BCUT2D eigenvalue weighted by atomic mass is 19.1. The van der Waals surface area contributed by atoms with E-state index in [0.29, 0.717) is 45.6 Å². The normalized spacial score (nSPS) is 16.3. The molecule has 1 saturated carbocycles. The number of nitrogens with zero attached hydrogens (tertiary/aromatic N) is 1. The molecule has 8 heteroatoms. The van der Waals surface area contributed by atoms with Crippen molar-refractivity contribution >= 4 is 22.7 Å². The van der Waals surface area contributed by atoms with Crippen LogP contribution in [0.2, 0.25) is 0 Å². The number of ether oxygens (including phenoxy) is 2. The number of para-hydroxylation sites is 1. The molecule has 7 nitrogen and oxygen atoms in total.